The van der Waals surface area contributed by atoms with Gasteiger partial charge in [-0.25, -0.2) is 0 Å². The summed E-state index contributed by atoms with van der Waals surface area (Å²) in [4.78, 5) is 14.8. The molecule has 0 aromatic heterocycles. The Bertz CT molecular complexity index is 764. The van der Waals surface area contributed by atoms with E-state index < -0.39 is 0 Å². The van der Waals surface area contributed by atoms with Crippen molar-refractivity contribution < 1.29 is 9.53 Å². The van der Waals surface area contributed by atoms with Crippen molar-refractivity contribution in [1.29, 1.82) is 0 Å². The Morgan fingerprint density at radius 2 is 1.93 bits per heavy atom. The summed E-state index contributed by atoms with van der Waals surface area (Å²) in [5, 5.41) is 0. The van der Waals surface area contributed by atoms with Crippen molar-refractivity contribution in [2.45, 2.75) is 90.6 Å². The third kappa shape index (κ3) is 2.97. The number of fused-ring (bicyclic) bond motifs is 5. The van der Waals surface area contributed by atoms with Crippen LogP contribution in [-0.4, -0.2) is 29.5 Å². The van der Waals surface area contributed by atoms with Gasteiger partial charge in [-0.3, -0.25) is 4.79 Å². The van der Waals surface area contributed by atoms with Gasteiger partial charge in [0, 0.05) is 18.5 Å². The number of carbonyl (C=O) groups excluding carboxylic acids is 1. The maximum absolute atomic E-state index is 12.6. The highest BCUT2D eigenvalue weighted by Gasteiger charge is 2.57. The van der Waals surface area contributed by atoms with Crippen molar-refractivity contribution in [2.24, 2.45) is 17.3 Å². The summed E-state index contributed by atoms with van der Waals surface area (Å²) in [5.41, 5.74) is 3.21. The largest absolute Gasteiger partial charge is 0.497 e. The van der Waals surface area contributed by atoms with Crippen LogP contribution in [0.1, 0.15) is 83.8 Å². The summed E-state index contributed by atoms with van der Waals surface area (Å²) in [7, 11) is 1.76. The molecule has 0 N–H and O–H groups in total. The van der Waals surface area contributed by atoms with Gasteiger partial charge < -0.3 is 9.64 Å². The maximum atomic E-state index is 12.6. The van der Waals surface area contributed by atoms with E-state index in [-0.39, 0.29) is 16.9 Å². The van der Waals surface area contributed by atoms with E-state index in [9.17, 15) is 4.79 Å². The number of rotatable bonds is 2. The van der Waals surface area contributed by atoms with Crippen LogP contribution in [0.5, 0.6) is 5.75 Å². The van der Waals surface area contributed by atoms with Crippen LogP contribution < -0.4 is 4.74 Å². The zero-order valence-electron chi connectivity index (χ0n) is 18.5. The molecule has 2 fully saturated rings. The van der Waals surface area contributed by atoms with E-state index >= 15 is 0 Å². The first-order chi connectivity index (χ1) is 13.2. The fourth-order valence-electron chi connectivity index (χ4n) is 7.24. The van der Waals surface area contributed by atoms with Crippen molar-refractivity contribution in [3.8, 4) is 5.75 Å². The second kappa shape index (κ2) is 6.78. The minimum absolute atomic E-state index is 0.110. The zero-order valence-corrected chi connectivity index (χ0v) is 18.5. The second-order valence-electron chi connectivity index (χ2n) is 10.7. The normalized spacial score (nSPS) is 34.2. The topological polar surface area (TPSA) is 29.5 Å². The van der Waals surface area contributed by atoms with Crippen LogP contribution in [0.2, 0.25) is 0 Å². The van der Waals surface area contributed by atoms with Gasteiger partial charge in [-0.15, -0.1) is 0 Å². The molecule has 0 spiro atoms. The highest BCUT2D eigenvalue weighted by Crippen LogP contribution is 2.62. The highest BCUT2D eigenvalue weighted by atomic mass is 16.5. The first-order valence-electron chi connectivity index (χ1n) is 11.1. The Hall–Kier alpha value is -1.51. The molecule has 1 aromatic carbocycles. The lowest BCUT2D eigenvalue weighted by Crippen LogP contribution is -2.57. The highest BCUT2D eigenvalue weighted by molar-refractivity contribution is 5.74. The molecule has 3 heteroatoms. The molecule has 3 nitrogen and oxygen atoms in total. The molecule has 1 aromatic rings. The lowest BCUT2D eigenvalue weighted by Gasteiger charge is -2.54. The number of hydrogen-bond acceptors (Lipinski definition) is 2. The Labute approximate surface area is 170 Å². The van der Waals surface area contributed by atoms with Gasteiger partial charge in [0.2, 0.25) is 5.91 Å². The fraction of sp³-hybridized carbons (Fsp3) is 0.720. The van der Waals surface area contributed by atoms with Crippen LogP contribution in [-0.2, 0) is 11.2 Å². The molecule has 5 atom stereocenters. The number of aryl methyl sites for hydroxylation is 1. The smallest absolute Gasteiger partial charge is 0.220 e. The molecule has 0 radical (unpaired) electrons. The van der Waals surface area contributed by atoms with Crippen molar-refractivity contribution in [2.75, 3.05) is 7.11 Å². The molecule has 4 rings (SSSR count). The number of nitrogens with zero attached hydrogens (tertiary/aromatic N) is 1. The van der Waals surface area contributed by atoms with Crippen LogP contribution in [0.15, 0.2) is 18.2 Å². The van der Waals surface area contributed by atoms with Gasteiger partial charge in [0.1, 0.15) is 5.75 Å². The lowest BCUT2D eigenvalue weighted by atomic mass is 9.55. The van der Waals surface area contributed by atoms with E-state index in [0.717, 1.165) is 24.0 Å². The summed E-state index contributed by atoms with van der Waals surface area (Å²) in [6, 6.07) is 7.11. The van der Waals surface area contributed by atoms with E-state index in [0.29, 0.717) is 12.0 Å². The molecule has 154 valence electrons. The van der Waals surface area contributed by atoms with Crippen LogP contribution in [0.4, 0.5) is 0 Å². The van der Waals surface area contributed by atoms with Gasteiger partial charge in [0.05, 0.1) is 7.11 Å². The van der Waals surface area contributed by atoms with Crippen LogP contribution >= 0.6 is 0 Å². The summed E-state index contributed by atoms with van der Waals surface area (Å²) in [6.07, 6.45) is 7.37. The molecule has 28 heavy (non-hydrogen) atoms. The molecule has 0 aliphatic heterocycles. The summed E-state index contributed by atoms with van der Waals surface area (Å²) in [5.74, 6) is 3.41. The van der Waals surface area contributed by atoms with Crippen molar-refractivity contribution in [1.82, 2.24) is 4.90 Å². The molecule has 1 unspecified atom stereocenters. The zero-order chi connectivity index (χ0) is 20.3. The third-order valence-electron chi connectivity index (χ3n) is 8.26. The maximum Gasteiger partial charge on any atom is 0.220 e. The molecular weight excluding hydrogens is 346 g/mol. The predicted molar refractivity (Wildman–Crippen MR) is 114 cm³/mol. The number of benzene rings is 1. The number of carbonyl (C=O) groups is 1. The molecule has 0 heterocycles. The Morgan fingerprint density at radius 3 is 2.57 bits per heavy atom. The van der Waals surface area contributed by atoms with Crippen LogP contribution in [0, 0.1) is 17.3 Å². The first-order valence-corrected chi connectivity index (χ1v) is 11.1. The predicted octanol–water partition coefficient (Wildman–Crippen LogP) is 5.57. The molecule has 0 bridgehead atoms. The van der Waals surface area contributed by atoms with E-state index in [1.807, 2.05) is 0 Å². The number of ether oxygens (including phenoxy) is 1. The van der Waals surface area contributed by atoms with Crippen LogP contribution in [0.3, 0.4) is 0 Å². The standard InChI is InChI=1S/C25H37NO2/c1-16(27)26(24(2,3)4)23-12-11-22-21-9-7-17-15-18(28-6)8-10-19(17)20(21)13-14-25(22,23)5/h8,10,15,20-23H,7,9,11-14H2,1-6H3/t20-,21-,22+,23?,25+/m1/s1. The van der Waals surface area contributed by atoms with Gasteiger partial charge in [0.25, 0.3) is 0 Å². The quantitative estimate of drug-likeness (QED) is 0.668. The molecule has 3 aliphatic carbocycles. The average molecular weight is 384 g/mol. The number of amides is 1. The molecule has 2 saturated carbocycles. The Kier molecular flexibility index (Phi) is 4.79. The summed E-state index contributed by atoms with van der Waals surface area (Å²) in [6.45, 7) is 10.8. The summed E-state index contributed by atoms with van der Waals surface area (Å²) < 4.78 is 5.46. The van der Waals surface area contributed by atoms with E-state index in [2.05, 4.69) is 50.8 Å². The van der Waals surface area contributed by atoms with Crippen molar-refractivity contribution in [3.63, 3.8) is 0 Å². The minimum Gasteiger partial charge on any atom is -0.497 e. The fourth-order valence-corrected chi connectivity index (χ4v) is 7.24. The first kappa shape index (κ1) is 19.8. The van der Waals surface area contributed by atoms with E-state index in [1.54, 1.807) is 19.6 Å². The number of hydrogen-bond donors (Lipinski definition) is 0. The average Bonchev–Trinajstić information content (AvgIpc) is 2.96. The Balaban J connectivity index is 1.64. The Morgan fingerprint density at radius 1 is 1.18 bits per heavy atom. The second-order valence-corrected chi connectivity index (χ2v) is 10.7. The molecule has 1 amide bonds. The van der Waals surface area contributed by atoms with Gasteiger partial charge in [0.15, 0.2) is 0 Å². The minimum atomic E-state index is -0.110. The summed E-state index contributed by atoms with van der Waals surface area (Å²) >= 11 is 0. The van der Waals surface area contributed by atoms with Gasteiger partial charge in [-0.1, -0.05) is 13.0 Å². The monoisotopic (exact) mass is 383 g/mol. The van der Waals surface area contributed by atoms with Gasteiger partial charge >= 0.3 is 0 Å². The van der Waals surface area contributed by atoms with Crippen LogP contribution in [0.25, 0.3) is 0 Å². The third-order valence-corrected chi connectivity index (χ3v) is 8.26. The molecular formula is C25H37NO2. The molecule has 3 aliphatic rings. The van der Waals surface area contributed by atoms with E-state index in [1.165, 1.54) is 37.7 Å². The van der Waals surface area contributed by atoms with E-state index in [4.69, 9.17) is 4.74 Å². The van der Waals surface area contributed by atoms with Gasteiger partial charge in [-0.2, -0.15) is 0 Å². The SMILES string of the molecule is COc1ccc2c(c1)CC[C@@H]1[C@@H]2CC[C@]2(C)C(N(C(C)=O)C(C)(C)C)CC[C@@H]12. The van der Waals surface area contributed by atoms with Crippen molar-refractivity contribution in [3.05, 3.63) is 29.3 Å². The lowest BCUT2D eigenvalue weighted by molar-refractivity contribution is -0.142. The molecule has 0 saturated heterocycles. The van der Waals surface area contributed by atoms with Gasteiger partial charge in [-0.05, 0) is 106 Å². The number of methoxy groups -OCH3 is 1. The van der Waals surface area contributed by atoms with Crippen molar-refractivity contribution >= 4 is 5.91 Å².